The van der Waals surface area contributed by atoms with Gasteiger partial charge in [0, 0.05) is 49.9 Å². The molecule has 214 valence electrons. The maximum absolute atomic E-state index is 5.29. The predicted molar refractivity (Wildman–Crippen MR) is 188 cm³/mol. The SMILES string of the molecule is c1ccc(-c2nc(N3c4ccccc4-c4cc5c6ccccc6n(-c6ccccc6)c5c5ccnc3c45)nc3ccccc23)cc1. The summed E-state index contributed by atoms with van der Waals surface area (Å²) in [4.78, 5) is 17.7. The van der Waals surface area contributed by atoms with Gasteiger partial charge in [0.1, 0.15) is 5.82 Å². The first-order chi connectivity index (χ1) is 22.8. The van der Waals surface area contributed by atoms with Crippen LogP contribution in [0.25, 0.3) is 71.6 Å². The van der Waals surface area contributed by atoms with Gasteiger partial charge in [0.2, 0.25) is 5.95 Å². The van der Waals surface area contributed by atoms with Crippen LogP contribution < -0.4 is 4.90 Å². The molecule has 0 saturated heterocycles. The summed E-state index contributed by atoms with van der Waals surface area (Å²) in [6.07, 6.45) is 1.92. The second kappa shape index (κ2) is 9.58. The Kier molecular flexibility index (Phi) is 5.22. The maximum Gasteiger partial charge on any atom is 0.237 e. The zero-order valence-electron chi connectivity index (χ0n) is 24.7. The van der Waals surface area contributed by atoms with Crippen LogP contribution >= 0.6 is 0 Å². The molecule has 0 amide bonds. The van der Waals surface area contributed by atoms with E-state index in [-0.39, 0.29) is 0 Å². The molecule has 10 rings (SSSR count). The van der Waals surface area contributed by atoms with Crippen LogP contribution in [0.1, 0.15) is 0 Å². The van der Waals surface area contributed by atoms with E-state index in [0.717, 1.165) is 61.3 Å². The first kappa shape index (κ1) is 25.0. The van der Waals surface area contributed by atoms with Gasteiger partial charge < -0.3 is 4.57 Å². The van der Waals surface area contributed by atoms with Crippen molar-refractivity contribution < 1.29 is 0 Å². The number of anilines is 3. The van der Waals surface area contributed by atoms with Crippen molar-refractivity contribution in [3.63, 3.8) is 0 Å². The van der Waals surface area contributed by atoms with Crippen LogP contribution in [0.15, 0.2) is 152 Å². The summed E-state index contributed by atoms with van der Waals surface area (Å²) in [6.45, 7) is 0. The molecule has 0 spiro atoms. The third-order valence-corrected chi connectivity index (χ3v) is 9.16. The van der Waals surface area contributed by atoms with Crippen LogP contribution in [-0.4, -0.2) is 19.5 Å². The van der Waals surface area contributed by atoms with E-state index in [9.17, 15) is 0 Å². The fourth-order valence-electron chi connectivity index (χ4n) is 7.23. The van der Waals surface area contributed by atoms with Gasteiger partial charge in [0.15, 0.2) is 0 Å². The molecule has 0 saturated carbocycles. The van der Waals surface area contributed by atoms with Crippen molar-refractivity contribution in [2.24, 2.45) is 0 Å². The van der Waals surface area contributed by atoms with Crippen LogP contribution in [0, 0.1) is 0 Å². The number of hydrogen-bond acceptors (Lipinski definition) is 4. The van der Waals surface area contributed by atoms with E-state index in [2.05, 4.69) is 137 Å². The lowest BCUT2D eigenvalue weighted by Gasteiger charge is -2.31. The Balaban J connectivity index is 1.34. The van der Waals surface area contributed by atoms with Crippen molar-refractivity contribution in [1.82, 2.24) is 19.5 Å². The molecular formula is C41H25N5. The average molecular weight is 588 g/mol. The summed E-state index contributed by atoms with van der Waals surface area (Å²) in [5.41, 5.74) is 9.61. The molecule has 0 bridgehead atoms. The molecule has 0 atom stereocenters. The van der Waals surface area contributed by atoms with Crippen LogP contribution in [-0.2, 0) is 0 Å². The monoisotopic (exact) mass is 587 g/mol. The highest BCUT2D eigenvalue weighted by molar-refractivity contribution is 6.26. The van der Waals surface area contributed by atoms with Gasteiger partial charge in [-0.05, 0) is 48.0 Å². The largest absolute Gasteiger partial charge is 0.309 e. The Hall–Kier alpha value is -6.33. The van der Waals surface area contributed by atoms with Crippen molar-refractivity contribution in [2.45, 2.75) is 0 Å². The first-order valence-electron chi connectivity index (χ1n) is 15.5. The topological polar surface area (TPSA) is 46.8 Å². The molecule has 0 unspecified atom stereocenters. The fraction of sp³-hybridized carbons (Fsp3) is 0. The second-order valence-electron chi connectivity index (χ2n) is 11.7. The van der Waals surface area contributed by atoms with Crippen LogP contribution in [0.2, 0.25) is 0 Å². The molecule has 0 fully saturated rings. The molecule has 5 heteroatoms. The van der Waals surface area contributed by atoms with Gasteiger partial charge in [-0.1, -0.05) is 103 Å². The molecule has 5 nitrogen and oxygen atoms in total. The minimum absolute atomic E-state index is 0.597. The van der Waals surface area contributed by atoms with Crippen LogP contribution in [0.5, 0.6) is 0 Å². The third kappa shape index (κ3) is 3.48. The highest BCUT2D eigenvalue weighted by Gasteiger charge is 2.31. The molecule has 3 aromatic heterocycles. The number of hydrogen-bond donors (Lipinski definition) is 0. The molecular weight excluding hydrogens is 562 g/mol. The molecule has 6 aromatic carbocycles. The fourth-order valence-corrected chi connectivity index (χ4v) is 7.23. The average Bonchev–Trinajstić information content (AvgIpc) is 3.47. The van der Waals surface area contributed by atoms with E-state index >= 15 is 0 Å². The lowest BCUT2D eigenvalue weighted by atomic mass is 9.91. The second-order valence-corrected chi connectivity index (χ2v) is 11.7. The minimum atomic E-state index is 0.597. The molecule has 0 N–H and O–H groups in total. The van der Waals surface area contributed by atoms with Crippen molar-refractivity contribution >= 4 is 60.9 Å². The lowest BCUT2D eigenvalue weighted by molar-refractivity contribution is 1.08. The van der Waals surface area contributed by atoms with Gasteiger partial charge in [0.05, 0.1) is 27.9 Å². The Morgan fingerprint density at radius 1 is 0.522 bits per heavy atom. The van der Waals surface area contributed by atoms with Gasteiger partial charge in [0.25, 0.3) is 0 Å². The summed E-state index contributed by atoms with van der Waals surface area (Å²) in [5, 5.41) is 5.69. The maximum atomic E-state index is 5.29. The Morgan fingerprint density at radius 2 is 1.24 bits per heavy atom. The third-order valence-electron chi connectivity index (χ3n) is 9.16. The number of aromatic nitrogens is 4. The standard InChI is InChI=1S/C41H25N5/c1-3-13-26(14-4-1)38-30-19-7-10-20-34(30)43-41(44-38)46-36-22-12-8-17-28(36)32-25-33-29-18-9-11-21-35(29)45(27-15-5-2-6-16-27)39(33)31-23-24-42-40(46)37(31)32/h1-25H. The van der Waals surface area contributed by atoms with Gasteiger partial charge in [-0.3, -0.25) is 4.90 Å². The summed E-state index contributed by atoms with van der Waals surface area (Å²) >= 11 is 0. The van der Waals surface area contributed by atoms with E-state index in [1.54, 1.807) is 0 Å². The van der Waals surface area contributed by atoms with Crippen molar-refractivity contribution in [3.05, 3.63) is 152 Å². The van der Waals surface area contributed by atoms with Crippen LogP contribution in [0.3, 0.4) is 0 Å². The van der Waals surface area contributed by atoms with E-state index in [1.165, 1.54) is 21.8 Å². The van der Waals surface area contributed by atoms with Gasteiger partial charge in [-0.15, -0.1) is 0 Å². The number of rotatable bonds is 3. The minimum Gasteiger partial charge on any atom is -0.309 e. The Bertz CT molecular complexity index is 2640. The zero-order valence-corrected chi connectivity index (χ0v) is 24.7. The van der Waals surface area contributed by atoms with Crippen molar-refractivity contribution in [2.75, 3.05) is 4.90 Å². The van der Waals surface area contributed by atoms with Crippen molar-refractivity contribution in [3.8, 4) is 28.1 Å². The number of nitrogens with zero attached hydrogens (tertiary/aromatic N) is 5. The van der Waals surface area contributed by atoms with E-state index < -0.39 is 0 Å². The zero-order chi connectivity index (χ0) is 30.2. The number of benzene rings is 6. The number of pyridine rings is 1. The Morgan fingerprint density at radius 3 is 2.11 bits per heavy atom. The molecule has 1 aliphatic heterocycles. The van der Waals surface area contributed by atoms with Gasteiger partial charge in [-0.2, -0.15) is 0 Å². The Labute approximate surface area is 264 Å². The molecule has 46 heavy (non-hydrogen) atoms. The highest BCUT2D eigenvalue weighted by Crippen LogP contribution is 2.52. The summed E-state index contributed by atoms with van der Waals surface area (Å²) < 4.78 is 2.39. The molecule has 4 heterocycles. The predicted octanol–water partition coefficient (Wildman–Crippen LogP) is 10.4. The van der Waals surface area contributed by atoms with E-state index in [0.29, 0.717) is 5.95 Å². The molecule has 1 aliphatic rings. The number of para-hydroxylation sites is 4. The van der Waals surface area contributed by atoms with Gasteiger partial charge in [-0.25, -0.2) is 15.0 Å². The van der Waals surface area contributed by atoms with Gasteiger partial charge >= 0.3 is 0 Å². The smallest absolute Gasteiger partial charge is 0.237 e. The summed E-state index contributed by atoms with van der Waals surface area (Å²) in [5.74, 6) is 1.42. The number of fused-ring (bicyclic) bond motifs is 7. The molecule has 0 radical (unpaired) electrons. The molecule has 0 aliphatic carbocycles. The summed E-state index contributed by atoms with van der Waals surface area (Å²) in [7, 11) is 0. The summed E-state index contributed by atoms with van der Waals surface area (Å²) in [6, 6.07) is 51.0. The van der Waals surface area contributed by atoms with E-state index in [4.69, 9.17) is 15.0 Å². The van der Waals surface area contributed by atoms with Crippen molar-refractivity contribution in [1.29, 1.82) is 0 Å². The normalized spacial score (nSPS) is 12.3. The van der Waals surface area contributed by atoms with E-state index in [1.807, 2.05) is 24.4 Å². The first-order valence-corrected chi connectivity index (χ1v) is 15.5. The quantitative estimate of drug-likeness (QED) is 0.206. The highest BCUT2D eigenvalue weighted by atomic mass is 15.3. The lowest BCUT2D eigenvalue weighted by Crippen LogP contribution is -2.19. The molecule has 9 aromatic rings. The van der Waals surface area contributed by atoms with Crippen LogP contribution in [0.4, 0.5) is 17.5 Å².